The molecule has 1 aliphatic heterocycles. The minimum absolute atomic E-state index is 0.0104. The average Bonchev–Trinajstić information content (AvgIpc) is 3.22. The maximum Gasteiger partial charge on any atom is 0.237 e. The van der Waals surface area contributed by atoms with E-state index in [0.29, 0.717) is 25.6 Å². The molecule has 1 aromatic rings. The number of carbonyl (C=O) groups excluding carboxylic acids is 2. The molecule has 0 spiro atoms. The Labute approximate surface area is 167 Å². The molecule has 0 unspecified atom stereocenters. The molecule has 6 heteroatoms. The summed E-state index contributed by atoms with van der Waals surface area (Å²) in [6, 6.07) is 6.11. The number of hydrogen-bond donors (Lipinski definition) is 1. The second-order valence-corrected chi connectivity index (χ2v) is 8.35. The maximum absolute atomic E-state index is 13.1. The monoisotopic (exact) mass is 389 g/mol. The van der Waals surface area contributed by atoms with E-state index in [2.05, 4.69) is 10.2 Å². The van der Waals surface area contributed by atoms with Gasteiger partial charge < -0.3 is 10.2 Å². The van der Waals surface area contributed by atoms with E-state index in [-0.39, 0.29) is 29.6 Å². The van der Waals surface area contributed by atoms with Gasteiger partial charge in [-0.15, -0.1) is 0 Å². The highest BCUT2D eigenvalue weighted by molar-refractivity contribution is 5.82. The van der Waals surface area contributed by atoms with Crippen LogP contribution in [0, 0.1) is 17.7 Å². The number of rotatable bonds is 6. The van der Waals surface area contributed by atoms with Crippen molar-refractivity contribution >= 4 is 11.8 Å². The zero-order valence-electron chi connectivity index (χ0n) is 17.0. The van der Waals surface area contributed by atoms with Crippen molar-refractivity contribution in [1.82, 2.24) is 15.1 Å². The van der Waals surface area contributed by atoms with Gasteiger partial charge in [-0.25, -0.2) is 4.39 Å². The Morgan fingerprint density at radius 1 is 1.07 bits per heavy atom. The normalized spacial score (nSPS) is 19.8. The highest BCUT2D eigenvalue weighted by Gasteiger charge is 2.37. The van der Waals surface area contributed by atoms with Crippen molar-refractivity contribution in [3.63, 3.8) is 0 Å². The molecule has 1 saturated heterocycles. The molecule has 0 aromatic heterocycles. The molecule has 2 amide bonds. The van der Waals surface area contributed by atoms with Crippen LogP contribution in [0.2, 0.25) is 0 Å². The molecule has 1 atom stereocenters. The Hall–Kier alpha value is -1.95. The second kappa shape index (κ2) is 9.50. The summed E-state index contributed by atoms with van der Waals surface area (Å²) < 4.78 is 13.1. The first kappa shape index (κ1) is 20.8. The summed E-state index contributed by atoms with van der Waals surface area (Å²) in [5.74, 6) is 0.363. The predicted molar refractivity (Wildman–Crippen MR) is 107 cm³/mol. The highest BCUT2D eigenvalue weighted by Crippen LogP contribution is 2.31. The van der Waals surface area contributed by atoms with Crippen LogP contribution < -0.4 is 5.32 Å². The quantitative estimate of drug-likeness (QED) is 0.814. The minimum Gasteiger partial charge on any atom is -0.351 e. The summed E-state index contributed by atoms with van der Waals surface area (Å²) >= 11 is 0. The third kappa shape index (κ3) is 5.10. The van der Waals surface area contributed by atoms with Gasteiger partial charge in [-0.05, 0) is 36.5 Å². The molecule has 1 aliphatic carbocycles. The highest BCUT2D eigenvalue weighted by atomic mass is 19.1. The number of amides is 2. The fourth-order valence-corrected chi connectivity index (χ4v) is 4.43. The fraction of sp³-hybridized carbons (Fsp3) is 0.636. The maximum atomic E-state index is 13.1. The molecule has 2 fully saturated rings. The van der Waals surface area contributed by atoms with Crippen LogP contribution in [0.25, 0.3) is 0 Å². The molecule has 0 bridgehead atoms. The lowest BCUT2D eigenvalue weighted by Crippen LogP contribution is -2.58. The van der Waals surface area contributed by atoms with E-state index in [1.165, 1.54) is 25.0 Å². The Kier molecular flexibility index (Phi) is 7.05. The summed E-state index contributed by atoms with van der Waals surface area (Å²) in [7, 11) is 0. The largest absolute Gasteiger partial charge is 0.351 e. The zero-order chi connectivity index (χ0) is 20.1. The summed E-state index contributed by atoms with van der Waals surface area (Å²) in [6.07, 6.45) is 4.52. The van der Waals surface area contributed by atoms with Gasteiger partial charge in [0.2, 0.25) is 11.8 Å². The van der Waals surface area contributed by atoms with Crippen molar-refractivity contribution in [3.05, 3.63) is 35.6 Å². The van der Waals surface area contributed by atoms with Crippen LogP contribution in [0.3, 0.4) is 0 Å². The second-order valence-electron chi connectivity index (χ2n) is 8.35. The SMILES string of the molecule is CC(C)C(=O)N1CCN([C@@H](C(=O)NCc2ccc(F)cc2)C2CCCC2)CC1. The van der Waals surface area contributed by atoms with E-state index in [4.69, 9.17) is 0 Å². The van der Waals surface area contributed by atoms with Crippen molar-refractivity contribution in [2.45, 2.75) is 52.1 Å². The molecular formula is C22H32FN3O2. The first-order valence-corrected chi connectivity index (χ1v) is 10.5. The fourth-order valence-electron chi connectivity index (χ4n) is 4.43. The van der Waals surface area contributed by atoms with Crippen LogP contribution in [0.1, 0.15) is 45.1 Å². The van der Waals surface area contributed by atoms with E-state index in [1.807, 2.05) is 18.7 Å². The number of halogens is 1. The number of nitrogens with one attached hydrogen (secondary N) is 1. The van der Waals surface area contributed by atoms with E-state index in [9.17, 15) is 14.0 Å². The summed E-state index contributed by atoms with van der Waals surface area (Å²) in [5, 5.41) is 3.06. The molecule has 1 heterocycles. The van der Waals surface area contributed by atoms with E-state index in [1.54, 1.807) is 12.1 Å². The predicted octanol–water partition coefficient (Wildman–Crippen LogP) is 2.80. The molecule has 154 valence electrons. The average molecular weight is 390 g/mol. The minimum atomic E-state index is -0.271. The lowest BCUT2D eigenvalue weighted by Gasteiger charge is -2.41. The first-order chi connectivity index (χ1) is 13.5. The third-order valence-corrected chi connectivity index (χ3v) is 6.01. The van der Waals surface area contributed by atoms with Gasteiger partial charge >= 0.3 is 0 Å². The summed E-state index contributed by atoms with van der Waals surface area (Å²) in [5.41, 5.74) is 0.896. The number of piperazine rings is 1. The first-order valence-electron chi connectivity index (χ1n) is 10.5. The van der Waals surface area contributed by atoms with Crippen molar-refractivity contribution in [2.75, 3.05) is 26.2 Å². The molecule has 0 radical (unpaired) electrons. The smallest absolute Gasteiger partial charge is 0.237 e. The summed E-state index contributed by atoms with van der Waals surface area (Å²) in [6.45, 7) is 7.12. The van der Waals surface area contributed by atoms with Crippen LogP contribution in [0.4, 0.5) is 4.39 Å². The summed E-state index contributed by atoms with van der Waals surface area (Å²) in [4.78, 5) is 29.5. The van der Waals surface area contributed by atoms with Gasteiger partial charge in [0.25, 0.3) is 0 Å². The van der Waals surface area contributed by atoms with Gasteiger partial charge in [0.05, 0.1) is 6.04 Å². The van der Waals surface area contributed by atoms with Gasteiger partial charge in [-0.3, -0.25) is 14.5 Å². The Balaban J connectivity index is 1.61. The van der Waals surface area contributed by atoms with Gasteiger partial charge in [0.15, 0.2) is 0 Å². The van der Waals surface area contributed by atoms with E-state index in [0.717, 1.165) is 31.5 Å². The topological polar surface area (TPSA) is 52.7 Å². The zero-order valence-corrected chi connectivity index (χ0v) is 17.0. The molecular weight excluding hydrogens is 357 g/mol. The molecule has 3 rings (SSSR count). The number of carbonyl (C=O) groups is 2. The van der Waals surface area contributed by atoms with Crippen molar-refractivity contribution in [1.29, 1.82) is 0 Å². The number of nitrogens with zero attached hydrogens (tertiary/aromatic N) is 2. The van der Waals surface area contributed by atoms with Crippen LogP contribution >= 0.6 is 0 Å². The van der Waals surface area contributed by atoms with Gasteiger partial charge in [0.1, 0.15) is 5.82 Å². The van der Waals surface area contributed by atoms with Crippen LogP contribution in [-0.2, 0) is 16.1 Å². The van der Waals surface area contributed by atoms with Crippen LogP contribution in [0.5, 0.6) is 0 Å². The molecule has 5 nitrogen and oxygen atoms in total. The number of benzene rings is 1. The number of hydrogen-bond acceptors (Lipinski definition) is 3. The van der Waals surface area contributed by atoms with Crippen molar-refractivity contribution in [3.8, 4) is 0 Å². The van der Waals surface area contributed by atoms with Crippen molar-refractivity contribution < 1.29 is 14.0 Å². The van der Waals surface area contributed by atoms with E-state index < -0.39 is 0 Å². The standard InChI is InChI=1S/C22H32FN3O2/c1-16(2)22(28)26-13-11-25(12-14-26)20(18-5-3-4-6-18)21(27)24-15-17-7-9-19(23)10-8-17/h7-10,16,18,20H,3-6,11-15H2,1-2H3,(H,24,27)/t20-/m1/s1. The lowest BCUT2D eigenvalue weighted by molar-refractivity contribution is -0.138. The molecule has 1 N–H and O–H groups in total. The molecule has 1 aromatic carbocycles. The lowest BCUT2D eigenvalue weighted by atomic mass is 9.94. The molecule has 28 heavy (non-hydrogen) atoms. The Bertz CT molecular complexity index is 663. The van der Waals surface area contributed by atoms with E-state index >= 15 is 0 Å². The van der Waals surface area contributed by atoms with Crippen LogP contribution in [-0.4, -0.2) is 53.8 Å². The Morgan fingerprint density at radius 2 is 1.68 bits per heavy atom. The molecule has 1 saturated carbocycles. The van der Waals surface area contributed by atoms with Crippen molar-refractivity contribution in [2.24, 2.45) is 11.8 Å². The van der Waals surface area contributed by atoms with Crippen LogP contribution in [0.15, 0.2) is 24.3 Å². The van der Waals surface area contributed by atoms with Gasteiger partial charge in [-0.2, -0.15) is 0 Å². The third-order valence-electron chi connectivity index (χ3n) is 6.01. The van der Waals surface area contributed by atoms with Gasteiger partial charge in [0, 0.05) is 38.6 Å². The van der Waals surface area contributed by atoms with Gasteiger partial charge in [-0.1, -0.05) is 38.8 Å². The molecule has 2 aliphatic rings. The Morgan fingerprint density at radius 3 is 2.25 bits per heavy atom.